The van der Waals surface area contributed by atoms with Crippen molar-refractivity contribution >= 4 is 0 Å². The number of rotatable bonds is 0. The van der Waals surface area contributed by atoms with Gasteiger partial charge in [-0.3, -0.25) is 0 Å². The van der Waals surface area contributed by atoms with Crippen molar-refractivity contribution in [2.45, 2.75) is 141 Å². The molecule has 0 heterocycles. The van der Waals surface area contributed by atoms with Gasteiger partial charge in [0, 0.05) is 0 Å². The van der Waals surface area contributed by atoms with Crippen LogP contribution in [0.25, 0.3) is 0 Å². The molecule has 4 aliphatic rings. The second-order valence-corrected chi connectivity index (χ2v) is 11.5. The third-order valence-corrected chi connectivity index (χ3v) is 10.5. The van der Waals surface area contributed by atoms with Crippen molar-refractivity contribution in [1.82, 2.24) is 0 Å². The summed E-state index contributed by atoms with van der Waals surface area (Å²) in [6.45, 7) is 27.9. The molecule has 7 unspecified atom stereocenters. The lowest BCUT2D eigenvalue weighted by Gasteiger charge is -2.69. The van der Waals surface area contributed by atoms with E-state index in [1.54, 1.807) is 0 Å². The smallest absolute Gasteiger partial charge is 0.0235 e. The normalized spacial score (nSPS) is 46.8. The largest absolute Gasteiger partial charge is 0.0683 e. The predicted molar refractivity (Wildman–Crippen MR) is 133 cm³/mol. The topological polar surface area (TPSA) is 0 Å². The van der Waals surface area contributed by atoms with Gasteiger partial charge in [0.05, 0.1) is 0 Å². The lowest BCUT2D eigenvalue weighted by molar-refractivity contribution is -0.202. The number of hydrogen-bond acceptors (Lipinski definition) is 0. The summed E-state index contributed by atoms with van der Waals surface area (Å²) in [6.07, 6.45) is 13.5. The minimum atomic E-state index is 0.578. The van der Waals surface area contributed by atoms with Gasteiger partial charge >= 0.3 is 0 Å². The Kier molecular flexibility index (Phi) is 9.40. The van der Waals surface area contributed by atoms with Crippen molar-refractivity contribution < 1.29 is 0 Å². The van der Waals surface area contributed by atoms with Crippen LogP contribution in [0.15, 0.2) is 0 Å². The van der Waals surface area contributed by atoms with Crippen LogP contribution in [0.3, 0.4) is 0 Å². The summed E-state index contributed by atoms with van der Waals surface area (Å²) in [5, 5.41) is 0. The molecule has 0 nitrogen and oxygen atoms in total. The zero-order chi connectivity index (χ0) is 22.7. The van der Waals surface area contributed by atoms with Crippen molar-refractivity contribution in [1.29, 1.82) is 0 Å². The molecule has 0 spiro atoms. The molecule has 7 atom stereocenters. The molecule has 0 N–H and O–H groups in total. The second-order valence-electron chi connectivity index (χ2n) is 11.5. The van der Waals surface area contributed by atoms with Crippen molar-refractivity contribution in [2.75, 3.05) is 0 Å². The van der Waals surface area contributed by atoms with Gasteiger partial charge in [-0.25, -0.2) is 0 Å². The Morgan fingerprint density at radius 2 is 1.10 bits per heavy atom. The fourth-order valence-corrected chi connectivity index (χ4v) is 9.18. The van der Waals surface area contributed by atoms with Crippen molar-refractivity contribution in [3.8, 4) is 0 Å². The molecular weight excluding hydrogens is 348 g/mol. The summed E-state index contributed by atoms with van der Waals surface area (Å²) in [6, 6.07) is 0. The Morgan fingerprint density at radius 1 is 0.552 bits per heavy atom. The van der Waals surface area contributed by atoms with Crippen molar-refractivity contribution in [2.24, 2.45) is 45.3 Å². The van der Waals surface area contributed by atoms with Crippen LogP contribution in [0.1, 0.15) is 141 Å². The predicted octanol–water partition coefficient (Wildman–Crippen LogP) is 10.2. The maximum absolute atomic E-state index is 2.74. The highest BCUT2D eigenvalue weighted by Crippen LogP contribution is 2.75. The number of hydrogen-bond donors (Lipinski definition) is 0. The molecule has 4 saturated carbocycles. The van der Waals surface area contributed by atoms with Gasteiger partial charge in [-0.2, -0.15) is 0 Å². The third kappa shape index (κ3) is 4.09. The first-order chi connectivity index (χ1) is 13.7. The van der Waals surface area contributed by atoms with E-state index >= 15 is 0 Å². The highest BCUT2D eigenvalue weighted by Gasteiger charge is 2.67. The van der Waals surface area contributed by atoms with Crippen LogP contribution in [0, 0.1) is 45.3 Å². The molecule has 29 heavy (non-hydrogen) atoms. The molecular formula is C29H58. The highest BCUT2D eigenvalue weighted by atomic mass is 14.7. The molecule has 174 valence electrons. The maximum Gasteiger partial charge on any atom is -0.0235 e. The highest BCUT2D eigenvalue weighted by molar-refractivity contribution is 5.15. The van der Waals surface area contributed by atoms with Gasteiger partial charge in [-0.1, -0.05) is 89.5 Å². The van der Waals surface area contributed by atoms with Crippen LogP contribution in [-0.4, -0.2) is 0 Å². The monoisotopic (exact) mass is 406 g/mol. The molecule has 0 aliphatic heterocycles. The summed E-state index contributed by atoms with van der Waals surface area (Å²) in [5.41, 5.74) is 2.44. The van der Waals surface area contributed by atoms with E-state index in [0.29, 0.717) is 21.7 Å². The lowest BCUT2D eigenvalue weighted by atomic mass is 9.36. The van der Waals surface area contributed by atoms with Crippen LogP contribution < -0.4 is 0 Å². The van der Waals surface area contributed by atoms with E-state index in [0.717, 1.165) is 23.7 Å². The zero-order valence-corrected chi connectivity index (χ0v) is 22.7. The van der Waals surface area contributed by atoms with Crippen molar-refractivity contribution in [3.63, 3.8) is 0 Å². The SMILES string of the molecule is CC.CC.CC.CC1CCC2(C)C1CCC1C3(C)CCCC(C)(C)C3CCC12C. The second kappa shape index (κ2) is 10.1. The molecule has 0 aromatic rings. The Labute approximate surface area is 186 Å². The Bertz CT molecular complexity index is 490. The average molecular weight is 407 g/mol. The maximum atomic E-state index is 2.74. The molecule has 0 heteroatoms. The quantitative estimate of drug-likeness (QED) is 0.375. The molecule has 0 amide bonds. The summed E-state index contributed by atoms with van der Waals surface area (Å²) in [4.78, 5) is 0. The van der Waals surface area contributed by atoms with Gasteiger partial charge in [-0.15, -0.1) is 0 Å². The van der Waals surface area contributed by atoms with Crippen LogP contribution in [0.4, 0.5) is 0 Å². The molecule has 0 aromatic heterocycles. The summed E-state index contributed by atoms with van der Waals surface area (Å²) < 4.78 is 0. The summed E-state index contributed by atoms with van der Waals surface area (Å²) >= 11 is 0. The van der Waals surface area contributed by atoms with E-state index in [9.17, 15) is 0 Å². The van der Waals surface area contributed by atoms with Gasteiger partial charge < -0.3 is 0 Å². The summed E-state index contributed by atoms with van der Waals surface area (Å²) in [7, 11) is 0. The minimum absolute atomic E-state index is 0.578. The van der Waals surface area contributed by atoms with Gasteiger partial charge in [0.15, 0.2) is 0 Å². The molecule has 4 rings (SSSR count). The fourth-order valence-electron chi connectivity index (χ4n) is 9.18. The van der Waals surface area contributed by atoms with Crippen LogP contribution in [-0.2, 0) is 0 Å². The average Bonchev–Trinajstić information content (AvgIpc) is 3.02. The molecule has 0 aromatic carbocycles. The Balaban J connectivity index is 0.000000644. The molecule has 4 fully saturated rings. The molecule has 4 aliphatic carbocycles. The van der Waals surface area contributed by atoms with E-state index in [4.69, 9.17) is 0 Å². The van der Waals surface area contributed by atoms with Crippen LogP contribution >= 0.6 is 0 Å². The molecule has 0 saturated heterocycles. The minimum Gasteiger partial charge on any atom is -0.0683 e. The van der Waals surface area contributed by atoms with Crippen molar-refractivity contribution in [3.05, 3.63) is 0 Å². The summed E-state index contributed by atoms with van der Waals surface area (Å²) in [5.74, 6) is 3.95. The van der Waals surface area contributed by atoms with Crippen LogP contribution in [0.2, 0.25) is 0 Å². The van der Waals surface area contributed by atoms with E-state index in [1.807, 2.05) is 41.5 Å². The molecule has 0 radical (unpaired) electrons. The zero-order valence-electron chi connectivity index (χ0n) is 22.7. The standard InChI is InChI=1S/C23H40.3C2H6/c1-16-10-14-22(5)17(16)8-9-19-21(4)13-7-12-20(2,3)18(21)11-15-23(19,22)6;3*1-2/h16-19H,7-15H2,1-6H3;3*1-2H3. The fraction of sp³-hybridized carbons (Fsp3) is 1.00. The Morgan fingerprint density at radius 3 is 1.69 bits per heavy atom. The lowest BCUT2D eigenvalue weighted by Crippen LogP contribution is -2.61. The van der Waals surface area contributed by atoms with E-state index in [-0.39, 0.29) is 0 Å². The van der Waals surface area contributed by atoms with E-state index in [2.05, 4.69) is 41.5 Å². The van der Waals surface area contributed by atoms with Crippen LogP contribution in [0.5, 0.6) is 0 Å². The first-order valence-corrected chi connectivity index (χ1v) is 13.7. The molecule has 0 bridgehead atoms. The third-order valence-electron chi connectivity index (χ3n) is 10.5. The van der Waals surface area contributed by atoms with E-state index in [1.165, 1.54) is 57.8 Å². The van der Waals surface area contributed by atoms with Gasteiger partial charge in [0.25, 0.3) is 0 Å². The first kappa shape index (κ1) is 27.0. The Hall–Kier alpha value is 0. The van der Waals surface area contributed by atoms with Gasteiger partial charge in [0.1, 0.15) is 0 Å². The van der Waals surface area contributed by atoms with Gasteiger partial charge in [-0.05, 0) is 96.7 Å². The van der Waals surface area contributed by atoms with E-state index < -0.39 is 0 Å². The van der Waals surface area contributed by atoms with Gasteiger partial charge in [0.2, 0.25) is 0 Å². The first-order valence-electron chi connectivity index (χ1n) is 13.7. The number of fused-ring (bicyclic) bond motifs is 5.